The van der Waals surface area contributed by atoms with Gasteiger partial charge in [0.2, 0.25) is 0 Å². The van der Waals surface area contributed by atoms with Crippen LogP contribution in [-0.2, 0) is 6.42 Å². The van der Waals surface area contributed by atoms with Crippen LogP contribution >= 0.6 is 34.5 Å². The minimum atomic E-state index is -0.114. The second-order valence-corrected chi connectivity index (χ2v) is 7.25. The van der Waals surface area contributed by atoms with Gasteiger partial charge in [0.1, 0.15) is 0 Å². The molecule has 1 aromatic heterocycles. The number of hydrogen-bond acceptors (Lipinski definition) is 2. The first-order valence-electron chi connectivity index (χ1n) is 6.15. The Hall–Kier alpha value is -0.540. The Balaban J connectivity index is 2.29. The molecule has 0 saturated heterocycles. The molecule has 0 amide bonds. The van der Waals surface area contributed by atoms with Crippen LogP contribution in [0.5, 0.6) is 0 Å². The van der Waals surface area contributed by atoms with Gasteiger partial charge in [-0.25, -0.2) is 0 Å². The zero-order valence-electron chi connectivity index (χ0n) is 11.3. The maximum atomic E-state index is 6.28. The fraction of sp³-hybridized carbons (Fsp3) is 0.333. The fourth-order valence-corrected chi connectivity index (χ4v) is 4.06. The van der Waals surface area contributed by atoms with Gasteiger partial charge in [-0.3, -0.25) is 0 Å². The van der Waals surface area contributed by atoms with Crippen LogP contribution in [0.15, 0.2) is 18.2 Å². The summed E-state index contributed by atoms with van der Waals surface area (Å²) in [4.78, 5) is 0. The summed E-state index contributed by atoms with van der Waals surface area (Å²) in [7, 11) is 0. The zero-order valence-corrected chi connectivity index (χ0v) is 13.6. The third-order valence-corrected chi connectivity index (χ3v) is 4.86. The second kappa shape index (κ2) is 5.84. The molecule has 1 aromatic carbocycles. The van der Waals surface area contributed by atoms with E-state index in [0.29, 0.717) is 8.67 Å². The highest BCUT2D eigenvalue weighted by atomic mass is 35.5. The molecule has 19 heavy (non-hydrogen) atoms. The molecule has 2 rings (SSSR count). The highest BCUT2D eigenvalue weighted by Crippen LogP contribution is 2.35. The molecule has 1 nitrogen and oxygen atoms in total. The SMILES string of the molecule is Cc1cc(C)c(CC(N)c2cc(Cl)sc2Cl)c(C)c1. The normalized spacial score (nSPS) is 12.7. The maximum Gasteiger partial charge on any atom is 0.0992 e. The Morgan fingerprint density at radius 1 is 1.11 bits per heavy atom. The molecule has 0 radical (unpaired) electrons. The molecule has 1 heterocycles. The van der Waals surface area contributed by atoms with E-state index in [1.807, 2.05) is 6.07 Å². The zero-order chi connectivity index (χ0) is 14.2. The van der Waals surface area contributed by atoms with E-state index >= 15 is 0 Å². The largest absolute Gasteiger partial charge is 0.324 e. The van der Waals surface area contributed by atoms with Gasteiger partial charge < -0.3 is 5.73 Å². The van der Waals surface area contributed by atoms with Crippen molar-refractivity contribution < 1.29 is 0 Å². The summed E-state index contributed by atoms with van der Waals surface area (Å²) < 4.78 is 1.38. The summed E-state index contributed by atoms with van der Waals surface area (Å²) in [6.07, 6.45) is 0.782. The van der Waals surface area contributed by atoms with Gasteiger partial charge in [0, 0.05) is 11.6 Å². The molecule has 1 atom stereocenters. The van der Waals surface area contributed by atoms with Gasteiger partial charge in [0.25, 0.3) is 0 Å². The average Bonchev–Trinajstić information content (AvgIpc) is 2.62. The Morgan fingerprint density at radius 2 is 1.68 bits per heavy atom. The Labute approximate surface area is 128 Å². The van der Waals surface area contributed by atoms with Crippen molar-refractivity contribution in [1.29, 1.82) is 0 Å². The molecule has 4 heteroatoms. The minimum absolute atomic E-state index is 0.114. The summed E-state index contributed by atoms with van der Waals surface area (Å²) in [5.74, 6) is 0. The van der Waals surface area contributed by atoms with E-state index in [0.717, 1.165) is 12.0 Å². The van der Waals surface area contributed by atoms with E-state index < -0.39 is 0 Å². The highest BCUT2D eigenvalue weighted by molar-refractivity contribution is 7.20. The van der Waals surface area contributed by atoms with Gasteiger partial charge in [-0.2, -0.15) is 0 Å². The molecule has 0 aliphatic heterocycles. The molecule has 0 aliphatic rings. The standard InChI is InChI=1S/C15H17Cl2NS/c1-8-4-9(2)11(10(3)5-8)6-13(18)12-7-14(16)19-15(12)17/h4-5,7,13H,6,18H2,1-3H3. The molecule has 0 spiro atoms. The van der Waals surface area contributed by atoms with Gasteiger partial charge in [0.05, 0.1) is 8.67 Å². The van der Waals surface area contributed by atoms with Crippen molar-refractivity contribution in [2.24, 2.45) is 5.73 Å². The number of halogens is 2. The van der Waals surface area contributed by atoms with E-state index in [-0.39, 0.29) is 6.04 Å². The molecule has 0 fully saturated rings. The van der Waals surface area contributed by atoms with Crippen molar-refractivity contribution in [3.63, 3.8) is 0 Å². The van der Waals surface area contributed by atoms with E-state index in [2.05, 4.69) is 32.9 Å². The predicted octanol–water partition coefficient (Wildman–Crippen LogP) is 5.22. The number of nitrogens with two attached hydrogens (primary N) is 1. The molecule has 102 valence electrons. The molecular formula is C15H17Cl2NS. The molecule has 0 bridgehead atoms. The van der Waals surface area contributed by atoms with E-state index in [4.69, 9.17) is 28.9 Å². The van der Waals surface area contributed by atoms with Crippen LogP contribution in [0.2, 0.25) is 8.67 Å². The first-order chi connectivity index (χ1) is 8.88. The number of hydrogen-bond donors (Lipinski definition) is 1. The third kappa shape index (κ3) is 3.32. The van der Waals surface area contributed by atoms with Crippen LogP contribution in [0.1, 0.15) is 33.9 Å². The topological polar surface area (TPSA) is 26.0 Å². The minimum Gasteiger partial charge on any atom is -0.324 e. The van der Waals surface area contributed by atoms with Crippen LogP contribution in [0.3, 0.4) is 0 Å². The van der Waals surface area contributed by atoms with Crippen molar-refractivity contribution in [2.45, 2.75) is 33.2 Å². The maximum absolute atomic E-state index is 6.28. The molecule has 2 N–H and O–H groups in total. The average molecular weight is 314 g/mol. The lowest BCUT2D eigenvalue weighted by atomic mass is 9.93. The van der Waals surface area contributed by atoms with Crippen molar-refractivity contribution in [3.8, 4) is 0 Å². The molecule has 0 saturated carbocycles. The smallest absolute Gasteiger partial charge is 0.0992 e. The highest BCUT2D eigenvalue weighted by Gasteiger charge is 2.16. The molecule has 0 aliphatic carbocycles. The summed E-state index contributed by atoms with van der Waals surface area (Å²) >= 11 is 13.5. The summed E-state index contributed by atoms with van der Waals surface area (Å²) in [6, 6.07) is 6.14. The first kappa shape index (κ1) is 14.9. The van der Waals surface area contributed by atoms with E-state index in [9.17, 15) is 0 Å². The first-order valence-corrected chi connectivity index (χ1v) is 7.72. The van der Waals surface area contributed by atoms with Crippen LogP contribution in [0, 0.1) is 20.8 Å². The summed E-state index contributed by atoms with van der Waals surface area (Å²) in [5, 5.41) is 0. The van der Waals surface area contributed by atoms with Crippen LogP contribution in [0.25, 0.3) is 0 Å². The third-order valence-electron chi connectivity index (χ3n) is 3.35. The van der Waals surface area contributed by atoms with E-state index in [1.165, 1.54) is 33.6 Å². The van der Waals surface area contributed by atoms with Crippen molar-refractivity contribution in [3.05, 3.63) is 54.7 Å². The number of thiophene rings is 1. The van der Waals surface area contributed by atoms with Crippen molar-refractivity contribution in [2.75, 3.05) is 0 Å². The van der Waals surface area contributed by atoms with Crippen LogP contribution in [-0.4, -0.2) is 0 Å². The summed E-state index contributed by atoms with van der Waals surface area (Å²) in [5.41, 5.74) is 12.4. The van der Waals surface area contributed by atoms with Gasteiger partial charge in [-0.1, -0.05) is 40.9 Å². The fourth-order valence-electron chi connectivity index (χ4n) is 2.47. The quantitative estimate of drug-likeness (QED) is 0.825. The van der Waals surface area contributed by atoms with Gasteiger partial charge in [-0.05, 0) is 49.9 Å². The van der Waals surface area contributed by atoms with Gasteiger partial charge in [0.15, 0.2) is 0 Å². The van der Waals surface area contributed by atoms with Crippen molar-refractivity contribution >= 4 is 34.5 Å². The van der Waals surface area contributed by atoms with Gasteiger partial charge in [-0.15, -0.1) is 11.3 Å². The molecule has 1 unspecified atom stereocenters. The number of rotatable bonds is 3. The number of aryl methyl sites for hydroxylation is 3. The van der Waals surface area contributed by atoms with Crippen molar-refractivity contribution in [1.82, 2.24) is 0 Å². The van der Waals surface area contributed by atoms with Crippen LogP contribution in [0.4, 0.5) is 0 Å². The monoisotopic (exact) mass is 313 g/mol. The lowest BCUT2D eigenvalue weighted by molar-refractivity contribution is 0.718. The Kier molecular flexibility index (Phi) is 4.57. The van der Waals surface area contributed by atoms with E-state index in [1.54, 1.807) is 0 Å². The molecule has 2 aromatic rings. The Morgan fingerprint density at radius 3 is 2.16 bits per heavy atom. The molecular weight excluding hydrogens is 297 g/mol. The lowest BCUT2D eigenvalue weighted by Crippen LogP contribution is -2.14. The predicted molar refractivity (Wildman–Crippen MR) is 85.6 cm³/mol. The van der Waals surface area contributed by atoms with Crippen LogP contribution < -0.4 is 5.73 Å². The number of benzene rings is 1. The summed E-state index contributed by atoms with van der Waals surface area (Å²) in [6.45, 7) is 6.37. The lowest BCUT2D eigenvalue weighted by Gasteiger charge is -2.16. The Bertz CT molecular complexity index is 581. The van der Waals surface area contributed by atoms with Gasteiger partial charge >= 0.3 is 0 Å². The second-order valence-electron chi connectivity index (χ2n) is 4.97.